The minimum Gasteiger partial charge on any atom is -0.271 e. The molecule has 0 fully saturated rings. The number of hydrogen-bond donors (Lipinski definition) is 1. The van der Waals surface area contributed by atoms with Crippen molar-refractivity contribution in [3.05, 3.63) is 34.9 Å². The van der Waals surface area contributed by atoms with E-state index < -0.39 is 6.17 Å². The summed E-state index contributed by atoms with van der Waals surface area (Å²) in [6, 6.07) is 0.0675. The molecule has 3 nitrogen and oxygen atoms in total. The molecule has 0 saturated carbocycles. The molecule has 1 N–H and O–H groups in total. The number of nitrogens with one attached hydrogen (secondary N) is 1. The molecule has 0 amide bonds. The van der Waals surface area contributed by atoms with Gasteiger partial charge in [0, 0.05) is 11.8 Å². The summed E-state index contributed by atoms with van der Waals surface area (Å²) >= 11 is 4.98. The summed E-state index contributed by atoms with van der Waals surface area (Å²) in [4.78, 5) is 4.05. The highest BCUT2D eigenvalue weighted by molar-refractivity contribution is 7.71. The van der Waals surface area contributed by atoms with Crippen LogP contribution < -0.4 is 0 Å². The molecule has 0 spiro atoms. The Bertz CT molecular complexity index is 556. The number of allylic oxidation sites excluding steroid dienone is 4. The number of H-pyrrole nitrogens is 1. The van der Waals surface area contributed by atoms with Gasteiger partial charge in [-0.3, -0.25) is 9.78 Å². The van der Waals surface area contributed by atoms with Crippen LogP contribution in [0.25, 0.3) is 0 Å². The third kappa shape index (κ3) is 1.60. The summed E-state index contributed by atoms with van der Waals surface area (Å²) in [5.41, 5.74) is -0.0662. The monoisotopic (exact) mass is 251 g/mol. The molecule has 0 radical (unpaired) electrons. The summed E-state index contributed by atoms with van der Waals surface area (Å²) in [6.07, 6.45) is 8.71. The Balaban J connectivity index is 2.04. The van der Waals surface area contributed by atoms with Crippen LogP contribution in [0.2, 0.25) is 0 Å². The molecule has 17 heavy (non-hydrogen) atoms. The normalized spacial score (nSPS) is 35.2. The lowest BCUT2D eigenvalue weighted by Crippen LogP contribution is -2.27. The molecule has 0 saturated heterocycles. The molecule has 1 aromatic heterocycles. The molecule has 0 aromatic carbocycles. The number of fused-ring (bicyclic) bond motifs is 1. The first kappa shape index (κ1) is 10.9. The number of aromatic amines is 1. The largest absolute Gasteiger partial charge is 0.271 e. The van der Waals surface area contributed by atoms with Gasteiger partial charge in [-0.1, -0.05) is 31.2 Å². The van der Waals surface area contributed by atoms with Gasteiger partial charge in [0.1, 0.15) is 0 Å². The standard InChI is InChI=1S/C12H14FN3S/c1-12(5-3-2-4-6-12)9-7-8(13)10-14-11(17)15-16(9)10/h2-5,8-9H,6-7H2,1H3,(H,15,17)/t8-,9-,12?/m0/s1. The van der Waals surface area contributed by atoms with E-state index in [2.05, 4.69) is 29.2 Å². The summed E-state index contributed by atoms with van der Waals surface area (Å²) in [5, 5.41) is 2.98. The molecular weight excluding hydrogens is 237 g/mol. The molecule has 1 aliphatic carbocycles. The minimum atomic E-state index is -1.01. The average molecular weight is 251 g/mol. The van der Waals surface area contributed by atoms with Crippen molar-refractivity contribution in [1.29, 1.82) is 0 Å². The van der Waals surface area contributed by atoms with Crippen LogP contribution in [0.4, 0.5) is 4.39 Å². The van der Waals surface area contributed by atoms with E-state index in [1.165, 1.54) is 0 Å². The van der Waals surface area contributed by atoms with Crippen molar-refractivity contribution in [3.8, 4) is 0 Å². The summed E-state index contributed by atoms with van der Waals surface area (Å²) < 4.78 is 16.1. The quantitative estimate of drug-likeness (QED) is 0.776. The highest BCUT2D eigenvalue weighted by Crippen LogP contribution is 2.48. The zero-order valence-corrected chi connectivity index (χ0v) is 10.4. The second kappa shape index (κ2) is 3.63. The second-order valence-corrected chi connectivity index (χ2v) is 5.36. The van der Waals surface area contributed by atoms with Crippen molar-refractivity contribution in [3.63, 3.8) is 0 Å². The number of aromatic nitrogens is 3. The molecule has 3 atom stereocenters. The van der Waals surface area contributed by atoms with Gasteiger partial charge in [0.25, 0.3) is 0 Å². The van der Waals surface area contributed by atoms with E-state index in [0.717, 1.165) is 6.42 Å². The van der Waals surface area contributed by atoms with Crippen LogP contribution in [0.3, 0.4) is 0 Å². The van der Waals surface area contributed by atoms with Crippen LogP contribution >= 0.6 is 12.2 Å². The fraction of sp³-hybridized carbons (Fsp3) is 0.500. The Morgan fingerprint density at radius 2 is 2.41 bits per heavy atom. The minimum absolute atomic E-state index is 0.0662. The lowest BCUT2D eigenvalue weighted by Gasteiger charge is -2.33. The molecule has 5 heteroatoms. The van der Waals surface area contributed by atoms with Crippen molar-refractivity contribution in [2.45, 2.75) is 32.0 Å². The van der Waals surface area contributed by atoms with Gasteiger partial charge >= 0.3 is 0 Å². The maximum Gasteiger partial charge on any atom is 0.213 e. The molecule has 1 aromatic rings. The zero-order chi connectivity index (χ0) is 12.0. The zero-order valence-electron chi connectivity index (χ0n) is 9.56. The maximum absolute atomic E-state index is 13.9. The summed E-state index contributed by atoms with van der Waals surface area (Å²) in [7, 11) is 0. The lowest BCUT2D eigenvalue weighted by atomic mass is 9.76. The van der Waals surface area contributed by atoms with E-state index in [0.29, 0.717) is 17.0 Å². The number of rotatable bonds is 1. The van der Waals surface area contributed by atoms with Crippen molar-refractivity contribution in [2.24, 2.45) is 5.41 Å². The Morgan fingerprint density at radius 3 is 3.12 bits per heavy atom. The Labute approximate surface area is 104 Å². The second-order valence-electron chi connectivity index (χ2n) is 4.97. The van der Waals surface area contributed by atoms with Gasteiger partial charge in [-0.25, -0.2) is 9.37 Å². The Hall–Kier alpha value is -1.23. The van der Waals surface area contributed by atoms with Crippen LogP contribution in [0, 0.1) is 10.2 Å². The van der Waals surface area contributed by atoms with Gasteiger partial charge in [-0.2, -0.15) is 0 Å². The van der Waals surface area contributed by atoms with Gasteiger partial charge in [-0.15, -0.1) is 0 Å². The average Bonchev–Trinajstić information content (AvgIpc) is 2.80. The van der Waals surface area contributed by atoms with Crippen LogP contribution in [-0.4, -0.2) is 14.8 Å². The molecule has 1 aliphatic heterocycles. The Morgan fingerprint density at radius 1 is 1.59 bits per heavy atom. The van der Waals surface area contributed by atoms with Crippen LogP contribution in [0.1, 0.15) is 37.8 Å². The van der Waals surface area contributed by atoms with Crippen LogP contribution in [0.15, 0.2) is 24.3 Å². The third-order valence-corrected chi connectivity index (χ3v) is 3.93. The van der Waals surface area contributed by atoms with Crippen molar-refractivity contribution >= 4 is 12.2 Å². The lowest BCUT2D eigenvalue weighted by molar-refractivity contribution is 0.219. The van der Waals surface area contributed by atoms with E-state index >= 15 is 0 Å². The molecule has 1 unspecified atom stereocenters. The highest BCUT2D eigenvalue weighted by atomic mass is 32.1. The van der Waals surface area contributed by atoms with E-state index in [-0.39, 0.29) is 11.5 Å². The molecule has 2 aliphatic rings. The fourth-order valence-corrected chi connectivity index (χ4v) is 2.96. The number of hydrogen-bond acceptors (Lipinski definition) is 2. The van der Waals surface area contributed by atoms with Gasteiger partial charge in [0.2, 0.25) is 4.77 Å². The molecule has 3 rings (SSSR count). The maximum atomic E-state index is 13.9. The first-order valence-electron chi connectivity index (χ1n) is 5.77. The molecule has 90 valence electrons. The summed E-state index contributed by atoms with van der Waals surface area (Å²) in [6.45, 7) is 2.15. The van der Waals surface area contributed by atoms with Crippen molar-refractivity contribution in [1.82, 2.24) is 14.8 Å². The van der Waals surface area contributed by atoms with Gasteiger partial charge in [0.05, 0.1) is 6.04 Å². The van der Waals surface area contributed by atoms with E-state index in [1.54, 1.807) is 0 Å². The number of halogens is 1. The summed E-state index contributed by atoms with van der Waals surface area (Å²) in [5.74, 6) is 0.448. The van der Waals surface area contributed by atoms with E-state index in [1.807, 2.05) is 16.8 Å². The predicted molar refractivity (Wildman–Crippen MR) is 65.9 cm³/mol. The van der Waals surface area contributed by atoms with Crippen LogP contribution in [0.5, 0.6) is 0 Å². The topological polar surface area (TPSA) is 33.6 Å². The van der Waals surface area contributed by atoms with Gasteiger partial charge in [0.15, 0.2) is 12.0 Å². The fourth-order valence-electron chi connectivity index (χ4n) is 2.76. The van der Waals surface area contributed by atoms with Crippen molar-refractivity contribution in [2.75, 3.05) is 0 Å². The predicted octanol–water partition coefficient (Wildman–Crippen LogP) is 3.42. The number of alkyl halides is 1. The SMILES string of the molecule is CC1([C@@H]2C[C@H](F)c3nc(=S)[nH]n32)C=CC=CC1. The molecule has 0 bridgehead atoms. The first-order valence-corrected chi connectivity index (χ1v) is 6.18. The van der Waals surface area contributed by atoms with Gasteiger partial charge < -0.3 is 0 Å². The molecule has 2 heterocycles. The molecular formula is C12H14FN3S. The highest BCUT2D eigenvalue weighted by Gasteiger charge is 2.42. The van der Waals surface area contributed by atoms with Gasteiger partial charge in [-0.05, 0) is 18.6 Å². The first-order chi connectivity index (χ1) is 8.10. The number of nitrogens with zero attached hydrogens (tertiary/aromatic N) is 2. The third-order valence-electron chi connectivity index (χ3n) is 3.74. The van der Waals surface area contributed by atoms with E-state index in [9.17, 15) is 4.39 Å². The smallest absolute Gasteiger partial charge is 0.213 e. The van der Waals surface area contributed by atoms with Crippen molar-refractivity contribution < 1.29 is 4.39 Å². The van der Waals surface area contributed by atoms with E-state index in [4.69, 9.17) is 12.2 Å². The Kier molecular flexibility index (Phi) is 2.33. The van der Waals surface area contributed by atoms with Crippen LogP contribution in [-0.2, 0) is 0 Å².